The number of para-hydroxylation sites is 1. The smallest absolute Gasteiger partial charge is 0.261 e. The van der Waals surface area contributed by atoms with Gasteiger partial charge in [0.15, 0.2) is 0 Å². The topological polar surface area (TPSA) is 87.7 Å². The summed E-state index contributed by atoms with van der Waals surface area (Å²) in [6.07, 6.45) is 0.852. The lowest BCUT2D eigenvalue weighted by atomic mass is 10.2. The number of ether oxygens (including phenoxy) is 1. The normalized spacial score (nSPS) is 15.8. The van der Waals surface area contributed by atoms with E-state index in [0.717, 1.165) is 12.1 Å². The number of carbonyl (C=O) groups excluding carboxylic acids is 1. The third-order valence-corrected chi connectivity index (χ3v) is 6.82. The largest absolute Gasteiger partial charge is 0.494 e. The molecule has 172 valence electrons. The van der Waals surface area contributed by atoms with Crippen molar-refractivity contribution in [3.63, 3.8) is 0 Å². The fraction of sp³-hybridized carbons (Fsp3) is 0.240. The highest BCUT2D eigenvalue weighted by atomic mass is 32.2. The van der Waals surface area contributed by atoms with Crippen LogP contribution in [-0.4, -0.2) is 45.0 Å². The Morgan fingerprint density at radius 2 is 1.73 bits per heavy atom. The zero-order chi connectivity index (χ0) is 23.3. The lowest BCUT2D eigenvalue weighted by Gasteiger charge is -2.18. The van der Waals surface area contributed by atoms with Crippen LogP contribution in [0, 0.1) is 0 Å². The third kappa shape index (κ3) is 5.64. The summed E-state index contributed by atoms with van der Waals surface area (Å²) in [7, 11) is -3.79. The van der Waals surface area contributed by atoms with Gasteiger partial charge in [-0.05, 0) is 67.9 Å². The van der Waals surface area contributed by atoms with Crippen LogP contribution in [0.3, 0.4) is 0 Å². The van der Waals surface area contributed by atoms with Gasteiger partial charge in [-0.3, -0.25) is 9.52 Å². The number of amides is 1. The Bertz CT molecular complexity index is 1200. The number of benzene rings is 3. The molecular weight excluding hydrogens is 438 g/mol. The summed E-state index contributed by atoms with van der Waals surface area (Å²) in [5, 5.41) is 3.46. The molecule has 0 radical (unpaired) electrons. The number of carbonyl (C=O) groups is 1. The molecule has 0 saturated carbocycles. The average molecular weight is 466 g/mol. The summed E-state index contributed by atoms with van der Waals surface area (Å²) in [6, 6.07) is 22.9. The van der Waals surface area contributed by atoms with E-state index in [4.69, 9.17) is 4.74 Å². The van der Waals surface area contributed by atoms with E-state index in [-0.39, 0.29) is 16.8 Å². The highest BCUT2D eigenvalue weighted by molar-refractivity contribution is 7.92. The van der Waals surface area contributed by atoms with Gasteiger partial charge < -0.3 is 15.0 Å². The number of rotatable bonds is 8. The molecule has 2 N–H and O–H groups in total. The average Bonchev–Trinajstić information content (AvgIpc) is 3.28. The minimum absolute atomic E-state index is 0.116. The highest BCUT2D eigenvalue weighted by Crippen LogP contribution is 2.22. The molecule has 1 unspecified atom stereocenters. The molecule has 1 fully saturated rings. The summed E-state index contributed by atoms with van der Waals surface area (Å²) in [4.78, 5) is 15.0. The van der Waals surface area contributed by atoms with Crippen molar-refractivity contribution in [3.8, 4) is 5.75 Å². The summed E-state index contributed by atoms with van der Waals surface area (Å²) >= 11 is 0. The molecule has 0 spiro atoms. The number of anilines is 2. The first-order chi connectivity index (χ1) is 15.9. The standard InChI is InChI=1S/C25H27N3O4S/c1-2-32-23-11-13-24(14-12-23)33(30,31)27-21-10-6-7-19(17-21)25(29)28-16-15-22(18-28)26-20-8-4-3-5-9-20/h3-14,17,22,26-27H,2,15-16,18H2,1H3. The Hall–Kier alpha value is -3.52. The third-order valence-electron chi connectivity index (χ3n) is 5.43. The van der Waals surface area contributed by atoms with Crippen molar-refractivity contribution in [1.29, 1.82) is 0 Å². The van der Waals surface area contributed by atoms with E-state index in [9.17, 15) is 13.2 Å². The van der Waals surface area contributed by atoms with Crippen molar-refractivity contribution in [2.24, 2.45) is 0 Å². The summed E-state index contributed by atoms with van der Waals surface area (Å²) in [5.74, 6) is 0.490. The van der Waals surface area contributed by atoms with Gasteiger partial charge in [0.05, 0.1) is 11.5 Å². The molecule has 3 aromatic rings. The van der Waals surface area contributed by atoms with E-state index in [1.807, 2.05) is 37.3 Å². The van der Waals surface area contributed by atoms with Crippen LogP contribution < -0.4 is 14.8 Å². The molecular formula is C25H27N3O4S. The number of nitrogens with zero attached hydrogens (tertiary/aromatic N) is 1. The van der Waals surface area contributed by atoms with Gasteiger partial charge in [-0.25, -0.2) is 8.42 Å². The number of nitrogens with one attached hydrogen (secondary N) is 2. The van der Waals surface area contributed by atoms with E-state index in [1.54, 1.807) is 41.3 Å². The van der Waals surface area contributed by atoms with Gasteiger partial charge in [0.25, 0.3) is 15.9 Å². The summed E-state index contributed by atoms with van der Waals surface area (Å²) in [6.45, 7) is 3.61. The minimum Gasteiger partial charge on any atom is -0.494 e. The van der Waals surface area contributed by atoms with Crippen molar-refractivity contribution in [2.75, 3.05) is 29.7 Å². The second-order valence-electron chi connectivity index (χ2n) is 7.84. The summed E-state index contributed by atoms with van der Waals surface area (Å²) < 4.78 is 33.5. The number of sulfonamides is 1. The minimum atomic E-state index is -3.79. The van der Waals surface area contributed by atoms with Crippen LogP contribution >= 0.6 is 0 Å². The Balaban J connectivity index is 1.41. The lowest BCUT2D eigenvalue weighted by Crippen LogP contribution is -2.31. The van der Waals surface area contributed by atoms with Gasteiger partial charge in [0.2, 0.25) is 0 Å². The zero-order valence-corrected chi connectivity index (χ0v) is 19.2. The van der Waals surface area contributed by atoms with E-state index >= 15 is 0 Å². The van der Waals surface area contributed by atoms with E-state index in [2.05, 4.69) is 10.0 Å². The molecule has 7 nitrogen and oxygen atoms in total. The number of hydrogen-bond acceptors (Lipinski definition) is 5. The molecule has 1 amide bonds. The highest BCUT2D eigenvalue weighted by Gasteiger charge is 2.27. The Kier molecular flexibility index (Phi) is 6.84. The van der Waals surface area contributed by atoms with E-state index < -0.39 is 10.0 Å². The first-order valence-corrected chi connectivity index (χ1v) is 12.4. The molecule has 1 atom stereocenters. The van der Waals surface area contributed by atoms with Crippen molar-refractivity contribution in [2.45, 2.75) is 24.3 Å². The van der Waals surface area contributed by atoms with Crippen molar-refractivity contribution < 1.29 is 17.9 Å². The molecule has 3 aromatic carbocycles. The fourth-order valence-corrected chi connectivity index (χ4v) is 4.88. The Labute approximate surface area is 194 Å². The Morgan fingerprint density at radius 3 is 2.45 bits per heavy atom. The van der Waals surface area contributed by atoms with Crippen LogP contribution in [0.1, 0.15) is 23.7 Å². The molecule has 1 saturated heterocycles. The molecule has 4 rings (SSSR count). The maximum Gasteiger partial charge on any atom is 0.261 e. The molecule has 0 bridgehead atoms. The van der Waals surface area contributed by atoms with Crippen molar-refractivity contribution >= 4 is 27.3 Å². The van der Waals surface area contributed by atoms with E-state index in [1.165, 1.54) is 12.1 Å². The second kappa shape index (κ2) is 9.95. The van der Waals surface area contributed by atoms with Gasteiger partial charge in [-0.1, -0.05) is 24.3 Å². The molecule has 33 heavy (non-hydrogen) atoms. The van der Waals surface area contributed by atoms with E-state index in [0.29, 0.717) is 36.7 Å². The molecule has 1 aliphatic heterocycles. The maximum atomic E-state index is 13.0. The first kappa shape index (κ1) is 22.7. The molecule has 8 heteroatoms. The molecule has 1 aliphatic rings. The van der Waals surface area contributed by atoms with Crippen molar-refractivity contribution in [3.05, 3.63) is 84.4 Å². The van der Waals surface area contributed by atoms with Crippen molar-refractivity contribution in [1.82, 2.24) is 4.90 Å². The summed E-state index contributed by atoms with van der Waals surface area (Å²) in [5.41, 5.74) is 1.82. The maximum absolute atomic E-state index is 13.0. The predicted octanol–water partition coefficient (Wildman–Crippen LogP) is 4.21. The fourth-order valence-electron chi connectivity index (χ4n) is 3.83. The first-order valence-electron chi connectivity index (χ1n) is 10.9. The van der Waals surface area contributed by atoms with Crippen LogP contribution in [0.15, 0.2) is 83.8 Å². The monoisotopic (exact) mass is 465 g/mol. The second-order valence-corrected chi connectivity index (χ2v) is 9.52. The van der Waals surface area contributed by atoms with Gasteiger partial charge in [0, 0.05) is 36.1 Å². The number of likely N-dealkylation sites (tertiary alicyclic amines) is 1. The zero-order valence-electron chi connectivity index (χ0n) is 18.4. The van der Waals surface area contributed by atoms with Crippen LogP contribution in [-0.2, 0) is 10.0 Å². The number of hydrogen-bond donors (Lipinski definition) is 2. The lowest BCUT2D eigenvalue weighted by molar-refractivity contribution is 0.0791. The van der Waals surface area contributed by atoms with Crippen LogP contribution in [0.5, 0.6) is 5.75 Å². The van der Waals surface area contributed by atoms with Crippen LogP contribution in [0.25, 0.3) is 0 Å². The van der Waals surface area contributed by atoms with Crippen LogP contribution in [0.2, 0.25) is 0 Å². The van der Waals surface area contributed by atoms with Gasteiger partial charge >= 0.3 is 0 Å². The van der Waals surface area contributed by atoms with Gasteiger partial charge in [0.1, 0.15) is 5.75 Å². The Morgan fingerprint density at radius 1 is 1.00 bits per heavy atom. The van der Waals surface area contributed by atoms with Crippen LogP contribution in [0.4, 0.5) is 11.4 Å². The SMILES string of the molecule is CCOc1ccc(S(=O)(=O)Nc2cccc(C(=O)N3CCC(Nc4ccccc4)C3)c2)cc1. The molecule has 1 heterocycles. The predicted molar refractivity (Wildman–Crippen MR) is 129 cm³/mol. The molecule has 0 aromatic heterocycles. The van der Waals surface area contributed by atoms with Gasteiger partial charge in [-0.15, -0.1) is 0 Å². The quantitative estimate of drug-likeness (QED) is 0.520. The molecule has 0 aliphatic carbocycles. The van der Waals surface area contributed by atoms with Gasteiger partial charge in [-0.2, -0.15) is 0 Å².